The number of nitrogens with zero attached hydrogens (tertiary/aromatic N) is 2. The number of hydrogen-bond donors (Lipinski definition) is 1. The lowest BCUT2D eigenvalue weighted by molar-refractivity contribution is 0.124. The number of pyridine rings is 1. The second-order valence-electron chi connectivity index (χ2n) is 7.09. The van der Waals surface area contributed by atoms with Crippen LogP contribution in [0.5, 0.6) is 5.75 Å². The number of aliphatic hydroxyl groups is 1. The second kappa shape index (κ2) is 7.98. The summed E-state index contributed by atoms with van der Waals surface area (Å²) in [5, 5.41) is 11.8. The lowest BCUT2D eigenvalue weighted by Gasteiger charge is -2.35. The Morgan fingerprint density at radius 3 is 3.04 bits per heavy atom. The van der Waals surface area contributed by atoms with Gasteiger partial charge in [-0.05, 0) is 74.5 Å². The highest BCUT2D eigenvalue weighted by Crippen LogP contribution is 2.33. The molecule has 1 unspecified atom stereocenters. The van der Waals surface area contributed by atoms with Crippen LogP contribution in [0, 0.1) is 11.8 Å². The van der Waals surface area contributed by atoms with E-state index >= 15 is 0 Å². The topological polar surface area (TPSA) is 45.6 Å². The van der Waals surface area contributed by atoms with E-state index in [1.165, 1.54) is 6.42 Å². The van der Waals surface area contributed by atoms with Gasteiger partial charge in [0.05, 0.1) is 18.7 Å². The molecular weight excluding hydrogens is 312 g/mol. The SMILES string of the molecule is C=C[C@H]1CN(C)CCC1CC[C@H](O)c1ccnc2ccc(OC)cc12. The molecule has 1 aromatic carbocycles. The van der Waals surface area contributed by atoms with Crippen LogP contribution in [0.1, 0.15) is 30.9 Å². The van der Waals surface area contributed by atoms with Crippen molar-refractivity contribution in [2.75, 3.05) is 27.2 Å². The van der Waals surface area contributed by atoms with E-state index in [1.54, 1.807) is 13.3 Å². The number of methoxy groups -OCH3 is 1. The van der Waals surface area contributed by atoms with Gasteiger partial charge in [-0.3, -0.25) is 4.98 Å². The van der Waals surface area contributed by atoms with Gasteiger partial charge < -0.3 is 14.7 Å². The highest BCUT2D eigenvalue weighted by atomic mass is 16.5. The van der Waals surface area contributed by atoms with Crippen molar-refractivity contribution in [3.8, 4) is 5.75 Å². The molecule has 25 heavy (non-hydrogen) atoms. The minimum Gasteiger partial charge on any atom is -0.497 e. The van der Waals surface area contributed by atoms with Crippen molar-refractivity contribution in [1.29, 1.82) is 0 Å². The van der Waals surface area contributed by atoms with Crippen molar-refractivity contribution in [3.63, 3.8) is 0 Å². The van der Waals surface area contributed by atoms with Gasteiger partial charge in [0.1, 0.15) is 5.75 Å². The maximum atomic E-state index is 10.8. The summed E-state index contributed by atoms with van der Waals surface area (Å²) in [4.78, 5) is 6.76. The molecule has 0 bridgehead atoms. The molecule has 0 spiro atoms. The van der Waals surface area contributed by atoms with Gasteiger partial charge in [0.2, 0.25) is 0 Å². The summed E-state index contributed by atoms with van der Waals surface area (Å²) < 4.78 is 5.33. The largest absolute Gasteiger partial charge is 0.497 e. The summed E-state index contributed by atoms with van der Waals surface area (Å²) >= 11 is 0. The third kappa shape index (κ3) is 4.02. The van der Waals surface area contributed by atoms with Crippen LogP contribution < -0.4 is 4.74 Å². The van der Waals surface area contributed by atoms with Gasteiger partial charge in [0.25, 0.3) is 0 Å². The molecule has 0 radical (unpaired) electrons. The first-order chi connectivity index (χ1) is 12.1. The summed E-state index contributed by atoms with van der Waals surface area (Å²) in [5.74, 6) is 1.90. The average molecular weight is 340 g/mol. The first-order valence-electron chi connectivity index (χ1n) is 9.04. The van der Waals surface area contributed by atoms with Crippen molar-refractivity contribution >= 4 is 10.9 Å². The molecule has 4 nitrogen and oxygen atoms in total. The van der Waals surface area contributed by atoms with E-state index < -0.39 is 6.10 Å². The molecule has 1 saturated heterocycles. The Bertz CT molecular complexity index is 731. The molecule has 3 atom stereocenters. The van der Waals surface area contributed by atoms with Gasteiger partial charge >= 0.3 is 0 Å². The quantitative estimate of drug-likeness (QED) is 0.812. The predicted octanol–water partition coefficient (Wildman–Crippen LogP) is 3.81. The maximum absolute atomic E-state index is 10.8. The summed E-state index contributed by atoms with van der Waals surface area (Å²) in [7, 11) is 3.82. The van der Waals surface area contributed by atoms with Crippen LogP contribution in [0.2, 0.25) is 0 Å². The molecule has 2 aromatic rings. The predicted molar refractivity (Wildman–Crippen MR) is 102 cm³/mol. The minimum absolute atomic E-state index is 0.484. The Balaban J connectivity index is 1.74. The number of piperidine rings is 1. The molecule has 4 heteroatoms. The number of fused-ring (bicyclic) bond motifs is 1. The molecule has 1 fully saturated rings. The Hall–Kier alpha value is -1.91. The van der Waals surface area contributed by atoms with Crippen LogP contribution in [0.15, 0.2) is 43.1 Å². The molecule has 0 saturated carbocycles. The monoisotopic (exact) mass is 340 g/mol. The van der Waals surface area contributed by atoms with E-state index in [1.807, 2.05) is 24.3 Å². The van der Waals surface area contributed by atoms with E-state index in [2.05, 4.69) is 29.6 Å². The molecule has 2 heterocycles. The Labute approximate surface area is 150 Å². The first kappa shape index (κ1) is 17.9. The number of rotatable bonds is 6. The number of aliphatic hydroxyl groups excluding tert-OH is 1. The zero-order valence-electron chi connectivity index (χ0n) is 15.2. The molecule has 0 aliphatic carbocycles. The Kier molecular flexibility index (Phi) is 5.71. The Morgan fingerprint density at radius 2 is 2.28 bits per heavy atom. The number of hydrogen-bond acceptors (Lipinski definition) is 4. The number of aromatic nitrogens is 1. The summed E-state index contributed by atoms with van der Waals surface area (Å²) in [6.45, 7) is 6.20. The average Bonchev–Trinajstić information content (AvgIpc) is 2.65. The standard InChI is InChI=1S/C21H28N2O2/c1-4-15-14-23(2)12-10-16(15)5-8-21(24)18-9-11-22-20-7-6-17(25-3)13-19(18)20/h4,6-7,9,11,13,15-16,21,24H,1,5,8,10,12,14H2,2-3H3/t15-,16?,21-/m0/s1. The Morgan fingerprint density at radius 1 is 1.44 bits per heavy atom. The van der Waals surface area contributed by atoms with Gasteiger partial charge in [-0.25, -0.2) is 0 Å². The van der Waals surface area contributed by atoms with Crippen LogP contribution >= 0.6 is 0 Å². The van der Waals surface area contributed by atoms with Crippen molar-refractivity contribution in [2.45, 2.75) is 25.4 Å². The van der Waals surface area contributed by atoms with Gasteiger partial charge in [-0.15, -0.1) is 6.58 Å². The van der Waals surface area contributed by atoms with Crippen molar-refractivity contribution in [3.05, 3.63) is 48.7 Å². The molecule has 1 aliphatic heterocycles. The molecule has 1 N–H and O–H groups in total. The summed E-state index contributed by atoms with van der Waals surface area (Å²) in [6.07, 6.45) is 6.32. The molecule has 1 aromatic heterocycles. The molecule has 0 amide bonds. The minimum atomic E-state index is -0.484. The van der Waals surface area contributed by atoms with E-state index in [9.17, 15) is 5.11 Å². The zero-order chi connectivity index (χ0) is 17.8. The van der Waals surface area contributed by atoms with Crippen LogP contribution in [0.3, 0.4) is 0 Å². The van der Waals surface area contributed by atoms with Gasteiger partial charge in [-0.2, -0.15) is 0 Å². The number of benzene rings is 1. The van der Waals surface area contributed by atoms with Gasteiger partial charge in [-0.1, -0.05) is 6.08 Å². The second-order valence-corrected chi connectivity index (χ2v) is 7.09. The highest BCUT2D eigenvalue weighted by molar-refractivity contribution is 5.83. The molecule has 134 valence electrons. The third-order valence-corrected chi connectivity index (χ3v) is 5.46. The maximum Gasteiger partial charge on any atom is 0.119 e. The van der Waals surface area contributed by atoms with Crippen LogP contribution in [0.25, 0.3) is 10.9 Å². The lowest BCUT2D eigenvalue weighted by Crippen LogP contribution is -2.37. The molecule has 3 rings (SSSR count). The fraction of sp³-hybridized carbons (Fsp3) is 0.476. The van der Waals surface area contributed by atoms with E-state index in [4.69, 9.17) is 4.74 Å². The van der Waals surface area contributed by atoms with E-state index in [0.29, 0.717) is 11.8 Å². The van der Waals surface area contributed by atoms with Crippen LogP contribution in [-0.2, 0) is 0 Å². The highest BCUT2D eigenvalue weighted by Gasteiger charge is 2.26. The van der Waals surface area contributed by atoms with Gasteiger partial charge in [0.15, 0.2) is 0 Å². The third-order valence-electron chi connectivity index (χ3n) is 5.46. The van der Waals surface area contributed by atoms with Crippen LogP contribution in [-0.4, -0.2) is 42.2 Å². The van der Waals surface area contributed by atoms with E-state index in [0.717, 1.165) is 48.1 Å². The first-order valence-corrected chi connectivity index (χ1v) is 9.04. The molecular formula is C21H28N2O2. The van der Waals surface area contributed by atoms with Crippen LogP contribution in [0.4, 0.5) is 0 Å². The van der Waals surface area contributed by atoms with Crippen molar-refractivity contribution in [2.24, 2.45) is 11.8 Å². The smallest absolute Gasteiger partial charge is 0.119 e. The van der Waals surface area contributed by atoms with E-state index in [-0.39, 0.29) is 0 Å². The van der Waals surface area contributed by atoms with Crippen molar-refractivity contribution in [1.82, 2.24) is 9.88 Å². The number of likely N-dealkylation sites (tertiary alicyclic amines) is 1. The number of ether oxygens (including phenoxy) is 1. The fourth-order valence-corrected chi connectivity index (χ4v) is 3.92. The molecule has 1 aliphatic rings. The summed E-state index contributed by atoms with van der Waals surface area (Å²) in [5.41, 5.74) is 1.83. The van der Waals surface area contributed by atoms with Crippen molar-refractivity contribution < 1.29 is 9.84 Å². The fourth-order valence-electron chi connectivity index (χ4n) is 3.92. The zero-order valence-corrected chi connectivity index (χ0v) is 15.2. The van der Waals surface area contributed by atoms with Gasteiger partial charge in [0, 0.05) is 18.1 Å². The lowest BCUT2D eigenvalue weighted by atomic mass is 9.81. The normalized spacial score (nSPS) is 22.7. The summed E-state index contributed by atoms with van der Waals surface area (Å²) in [6, 6.07) is 7.73.